The summed E-state index contributed by atoms with van der Waals surface area (Å²) in [5.74, 6) is 1.65. The van der Waals surface area contributed by atoms with Crippen LogP contribution in [0.5, 0.6) is 5.75 Å². The van der Waals surface area contributed by atoms with E-state index in [4.69, 9.17) is 9.47 Å². The van der Waals surface area contributed by atoms with E-state index < -0.39 is 0 Å². The van der Waals surface area contributed by atoms with Crippen LogP contribution in [0.4, 0.5) is 0 Å². The minimum atomic E-state index is 0.618. The molecule has 0 radical (unpaired) electrons. The number of benzene rings is 1. The lowest BCUT2D eigenvalue weighted by atomic mass is 9.75. The molecule has 0 heterocycles. The molecule has 0 atom stereocenters. The second-order valence-electron chi connectivity index (χ2n) is 5.25. The first kappa shape index (κ1) is 15.1. The number of para-hydroxylation sites is 1. The summed E-state index contributed by atoms with van der Waals surface area (Å²) in [6.07, 6.45) is 5.19. The molecule has 1 aromatic carbocycles. The van der Waals surface area contributed by atoms with Crippen LogP contribution in [0.1, 0.15) is 30.7 Å². The van der Waals surface area contributed by atoms with Crippen LogP contribution in [0.25, 0.3) is 0 Å². The second kappa shape index (κ2) is 8.08. The molecule has 0 amide bonds. The molecule has 3 nitrogen and oxygen atoms in total. The Morgan fingerprint density at radius 3 is 2.85 bits per heavy atom. The van der Waals surface area contributed by atoms with Gasteiger partial charge in [-0.2, -0.15) is 0 Å². The standard InChI is InChI=1S/C17H25NO2/c1-3-4-10-20-11-9-18-15-12-14(13-15)16-7-5-6-8-17(16)19-2/h3,5-8,14-15,18H,1,4,9-13H2,2H3. The predicted octanol–water partition coefficient (Wildman–Crippen LogP) is 3.12. The van der Waals surface area contributed by atoms with Gasteiger partial charge in [-0.25, -0.2) is 0 Å². The van der Waals surface area contributed by atoms with E-state index in [0.29, 0.717) is 12.0 Å². The number of methoxy groups -OCH3 is 1. The van der Waals surface area contributed by atoms with Gasteiger partial charge in [0.05, 0.1) is 20.3 Å². The monoisotopic (exact) mass is 275 g/mol. The smallest absolute Gasteiger partial charge is 0.122 e. The highest BCUT2D eigenvalue weighted by molar-refractivity contribution is 5.37. The maximum atomic E-state index is 5.49. The third-order valence-corrected chi connectivity index (χ3v) is 3.86. The van der Waals surface area contributed by atoms with Gasteiger partial charge in [-0.05, 0) is 36.8 Å². The Morgan fingerprint density at radius 2 is 2.10 bits per heavy atom. The Kier molecular flexibility index (Phi) is 6.09. The second-order valence-corrected chi connectivity index (χ2v) is 5.25. The van der Waals surface area contributed by atoms with Crippen molar-refractivity contribution in [1.82, 2.24) is 5.32 Å². The maximum Gasteiger partial charge on any atom is 0.122 e. The molecule has 0 spiro atoms. The van der Waals surface area contributed by atoms with Crippen molar-refractivity contribution in [3.8, 4) is 5.75 Å². The van der Waals surface area contributed by atoms with Gasteiger partial charge in [-0.1, -0.05) is 24.3 Å². The molecular weight excluding hydrogens is 250 g/mol. The molecule has 1 N–H and O–H groups in total. The Labute approximate surface area is 122 Å². The lowest BCUT2D eigenvalue weighted by Crippen LogP contribution is -2.41. The molecule has 1 aromatic rings. The molecule has 2 rings (SSSR count). The van der Waals surface area contributed by atoms with Crippen molar-refractivity contribution in [2.75, 3.05) is 26.9 Å². The van der Waals surface area contributed by atoms with Gasteiger partial charge >= 0.3 is 0 Å². The van der Waals surface area contributed by atoms with Gasteiger partial charge in [0.25, 0.3) is 0 Å². The van der Waals surface area contributed by atoms with E-state index in [1.165, 1.54) is 18.4 Å². The van der Waals surface area contributed by atoms with Crippen LogP contribution in [0.3, 0.4) is 0 Å². The van der Waals surface area contributed by atoms with E-state index >= 15 is 0 Å². The molecule has 1 saturated carbocycles. The molecule has 1 fully saturated rings. The quantitative estimate of drug-likeness (QED) is 0.555. The van der Waals surface area contributed by atoms with Gasteiger partial charge in [0.2, 0.25) is 0 Å². The summed E-state index contributed by atoms with van der Waals surface area (Å²) < 4.78 is 10.9. The van der Waals surface area contributed by atoms with Crippen LogP contribution in [0.2, 0.25) is 0 Å². The zero-order chi connectivity index (χ0) is 14.2. The lowest BCUT2D eigenvalue weighted by molar-refractivity contribution is 0.132. The summed E-state index contributed by atoms with van der Waals surface area (Å²) in [6.45, 7) is 6.16. The van der Waals surface area contributed by atoms with Gasteiger partial charge in [0.15, 0.2) is 0 Å². The van der Waals surface area contributed by atoms with E-state index in [1.807, 2.05) is 18.2 Å². The number of rotatable bonds is 9. The first-order valence-corrected chi connectivity index (χ1v) is 7.40. The van der Waals surface area contributed by atoms with E-state index in [1.54, 1.807) is 7.11 Å². The van der Waals surface area contributed by atoms with Crippen LogP contribution in [-0.2, 0) is 4.74 Å². The normalized spacial score (nSPS) is 21.2. The number of ether oxygens (including phenoxy) is 2. The third kappa shape index (κ3) is 4.09. The SMILES string of the molecule is C=CCCOCCNC1CC(c2ccccc2OC)C1. The Bertz CT molecular complexity index is 413. The van der Waals surface area contributed by atoms with Crippen LogP contribution in [0, 0.1) is 0 Å². The lowest BCUT2D eigenvalue weighted by Gasteiger charge is -2.37. The third-order valence-electron chi connectivity index (χ3n) is 3.86. The fraction of sp³-hybridized carbons (Fsp3) is 0.529. The topological polar surface area (TPSA) is 30.5 Å². The molecule has 0 aliphatic heterocycles. The fourth-order valence-corrected chi connectivity index (χ4v) is 2.65. The summed E-state index contributed by atoms with van der Waals surface area (Å²) in [6, 6.07) is 8.96. The van der Waals surface area contributed by atoms with Crippen molar-refractivity contribution in [2.45, 2.75) is 31.2 Å². The summed E-state index contributed by atoms with van der Waals surface area (Å²) in [5, 5.41) is 3.54. The van der Waals surface area contributed by atoms with E-state index in [-0.39, 0.29) is 0 Å². The fourth-order valence-electron chi connectivity index (χ4n) is 2.65. The molecule has 0 unspecified atom stereocenters. The average molecular weight is 275 g/mol. The highest BCUT2D eigenvalue weighted by Gasteiger charge is 2.31. The van der Waals surface area contributed by atoms with Crippen LogP contribution in [0.15, 0.2) is 36.9 Å². The Balaban J connectivity index is 1.63. The van der Waals surface area contributed by atoms with Crippen LogP contribution >= 0.6 is 0 Å². The summed E-state index contributed by atoms with van der Waals surface area (Å²) >= 11 is 0. The molecular formula is C17H25NO2. The molecule has 1 aliphatic rings. The van der Waals surface area contributed by atoms with Crippen molar-refractivity contribution in [2.24, 2.45) is 0 Å². The van der Waals surface area contributed by atoms with E-state index in [2.05, 4.69) is 24.0 Å². The molecule has 0 saturated heterocycles. The van der Waals surface area contributed by atoms with Gasteiger partial charge in [-0.3, -0.25) is 0 Å². The van der Waals surface area contributed by atoms with Crippen molar-refractivity contribution in [1.29, 1.82) is 0 Å². The van der Waals surface area contributed by atoms with Gasteiger partial charge < -0.3 is 14.8 Å². The number of hydrogen-bond acceptors (Lipinski definition) is 3. The average Bonchev–Trinajstić information content (AvgIpc) is 2.44. The number of hydrogen-bond donors (Lipinski definition) is 1. The van der Waals surface area contributed by atoms with Gasteiger partial charge in [0.1, 0.15) is 5.75 Å². The highest BCUT2D eigenvalue weighted by Crippen LogP contribution is 2.40. The first-order chi connectivity index (χ1) is 9.85. The molecule has 3 heteroatoms. The first-order valence-electron chi connectivity index (χ1n) is 7.40. The summed E-state index contributed by atoms with van der Waals surface area (Å²) in [4.78, 5) is 0. The zero-order valence-corrected chi connectivity index (χ0v) is 12.3. The van der Waals surface area contributed by atoms with Crippen molar-refractivity contribution in [3.63, 3.8) is 0 Å². The molecule has 1 aliphatic carbocycles. The zero-order valence-electron chi connectivity index (χ0n) is 12.3. The van der Waals surface area contributed by atoms with E-state index in [0.717, 1.165) is 31.9 Å². The van der Waals surface area contributed by atoms with Crippen LogP contribution < -0.4 is 10.1 Å². The predicted molar refractivity (Wildman–Crippen MR) is 82.4 cm³/mol. The number of nitrogens with one attached hydrogen (secondary N) is 1. The maximum absolute atomic E-state index is 5.49. The largest absolute Gasteiger partial charge is 0.496 e. The van der Waals surface area contributed by atoms with Gasteiger partial charge in [-0.15, -0.1) is 6.58 Å². The molecule has 20 heavy (non-hydrogen) atoms. The molecule has 110 valence electrons. The van der Waals surface area contributed by atoms with Crippen molar-refractivity contribution >= 4 is 0 Å². The summed E-state index contributed by atoms with van der Waals surface area (Å²) in [5.41, 5.74) is 1.34. The Hall–Kier alpha value is -1.32. The highest BCUT2D eigenvalue weighted by atomic mass is 16.5. The minimum absolute atomic E-state index is 0.618. The molecule has 0 aromatic heterocycles. The van der Waals surface area contributed by atoms with Crippen LogP contribution in [-0.4, -0.2) is 32.9 Å². The van der Waals surface area contributed by atoms with Crippen molar-refractivity contribution < 1.29 is 9.47 Å². The minimum Gasteiger partial charge on any atom is -0.496 e. The van der Waals surface area contributed by atoms with E-state index in [9.17, 15) is 0 Å². The van der Waals surface area contributed by atoms with Crippen molar-refractivity contribution in [3.05, 3.63) is 42.5 Å². The summed E-state index contributed by atoms with van der Waals surface area (Å²) in [7, 11) is 1.74. The Morgan fingerprint density at radius 1 is 1.30 bits per heavy atom. The van der Waals surface area contributed by atoms with Gasteiger partial charge in [0, 0.05) is 12.6 Å². The molecule has 0 bridgehead atoms.